The largest absolute Gasteiger partial charge is 0.495 e. The van der Waals surface area contributed by atoms with Crippen LogP contribution in [0, 0.1) is 17.0 Å². The minimum Gasteiger partial charge on any atom is -0.495 e. The summed E-state index contributed by atoms with van der Waals surface area (Å²) >= 11 is 5.88. The van der Waals surface area contributed by atoms with E-state index in [4.69, 9.17) is 21.1 Å². The molecule has 0 saturated heterocycles. The quantitative estimate of drug-likeness (QED) is 0.633. The number of amides is 1. The Bertz CT molecular complexity index is 782. The molecule has 0 radical (unpaired) electrons. The van der Waals surface area contributed by atoms with Gasteiger partial charge in [0.25, 0.3) is 5.91 Å². The van der Waals surface area contributed by atoms with E-state index in [1.807, 2.05) is 0 Å². The predicted octanol–water partition coefficient (Wildman–Crippen LogP) is 2.98. The number of aromatic nitrogens is 1. The second-order valence-electron chi connectivity index (χ2n) is 4.71. The van der Waals surface area contributed by atoms with E-state index < -0.39 is 23.3 Å². The molecule has 1 amide bonds. The van der Waals surface area contributed by atoms with Crippen LogP contribution in [0.4, 0.5) is 11.5 Å². The normalized spacial score (nSPS) is 10.1. The second-order valence-corrected chi connectivity index (χ2v) is 5.15. The smallest absolute Gasteiger partial charge is 0.406 e. The fourth-order valence-electron chi connectivity index (χ4n) is 1.88. The number of nitrogens with zero attached hydrogens (tertiary/aromatic N) is 2. The zero-order valence-electron chi connectivity index (χ0n) is 12.9. The molecule has 0 aliphatic heterocycles. The molecule has 9 heteroatoms. The van der Waals surface area contributed by atoms with Crippen molar-refractivity contribution >= 4 is 29.0 Å². The first-order chi connectivity index (χ1) is 11.4. The van der Waals surface area contributed by atoms with Crippen LogP contribution < -0.4 is 14.8 Å². The van der Waals surface area contributed by atoms with Crippen molar-refractivity contribution in [3.63, 3.8) is 0 Å². The molecule has 2 aromatic rings. The van der Waals surface area contributed by atoms with Crippen molar-refractivity contribution in [1.29, 1.82) is 0 Å². The van der Waals surface area contributed by atoms with Crippen molar-refractivity contribution in [2.24, 2.45) is 0 Å². The van der Waals surface area contributed by atoms with E-state index >= 15 is 0 Å². The van der Waals surface area contributed by atoms with Crippen LogP contribution in [0.5, 0.6) is 11.5 Å². The molecule has 8 nitrogen and oxygen atoms in total. The molecular weight excluding hydrogens is 338 g/mol. The van der Waals surface area contributed by atoms with Crippen molar-refractivity contribution in [2.75, 3.05) is 19.0 Å². The summed E-state index contributed by atoms with van der Waals surface area (Å²) in [4.78, 5) is 26.1. The van der Waals surface area contributed by atoms with Gasteiger partial charge in [0.2, 0.25) is 5.75 Å². The fraction of sp³-hybridized carbons (Fsp3) is 0.200. The maximum Gasteiger partial charge on any atom is 0.406 e. The lowest BCUT2D eigenvalue weighted by Crippen LogP contribution is -2.21. The molecule has 0 unspecified atom stereocenters. The lowest BCUT2D eigenvalue weighted by atomic mass is 10.3. The highest BCUT2D eigenvalue weighted by Crippen LogP contribution is 2.28. The number of anilines is 1. The van der Waals surface area contributed by atoms with E-state index in [1.165, 1.54) is 19.2 Å². The fourth-order valence-corrected chi connectivity index (χ4v) is 2.05. The van der Waals surface area contributed by atoms with Gasteiger partial charge in [-0.15, -0.1) is 0 Å². The number of hydrogen-bond donors (Lipinski definition) is 1. The first kappa shape index (κ1) is 17.5. The highest BCUT2D eigenvalue weighted by atomic mass is 35.5. The number of pyridine rings is 1. The number of ether oxygens (including phenoxy) is 2. The van der Waals surface area contributed by atoms with E-state index in [2.05, 4.69) is 10.3 Å². The van der Waals surface area contributed by atoms with E-state index in [0.717, 1.165) is 0 Å². The number of benzene rings is 1. The highest BCUT2D eigenvalue weighted by molar-refractivity contribution is 6.31. The van der Waals surface area contributed by atoms with Crippen molar-refractivity contribution < 1.29 is 19.2 Å². The van der Waals surface area contributed by atoms with Crippen LogP contribution in [0.3, 0.4) is 0 Å². The summed E-state index contributed by atoms with van der Waals surface area (Å²) in [7, 11) is 1.46. The summed E-state index contributed by atoms with van der Waals surface area (Å²) in [6.45, 7) is 1.19. The molecule has 0 bridgehead atoms. The van der Waals surface area contributed by atoms with Gasteiger partial charge in [-0.05, 0) is 40.2 Å². The highest BCUT2D eigenvalue weighted by Gasteiger charge is 2.19. The maximum atomic E-state index is 12.0. The summed E-state index contributed by atoms with van der Waals surface area (Å²) in [6, 6.07) is 7.70. The van der Waals surface area contributed by atoms with Crippen molar-refractivity contribution in [3.05, 3.63) is 51.2 Å². The Labute approximate surface area is 142 Å². The summed E-state index contributed by atoms with van der Waals surface area (Å²) in [5.74, 6) is -0.622. The van der Waals surface area contributed by atoms with Crippen LogP contribution in [0.25, 0.3) is 0 Å². The molecule has 0 fully saturated rings. The molecule has 126 valence electrons. The van der Waals surface area contributed by atoms with Gasteiger partial charge in [-0.3, -0.25) is 4.79 Å². The number of halogens is 1. The zero-order valence-corrected chi connectivity index (χ0v) is 13.7. The van der Waals surface area contributed by atoms with Crippen LogP contribution in [0.2, 0.25) is 5.02 Å². The molecule has 0 aliphatic rings. The van der Waals surface area contributed by atoms with E-state index in [-0.39, 0.29) is 5.75 Å². The summed E-state index contributed by atoms with van der Waals surface area (Å²) in [5.41, 5.74) is 0.845. The van der Waals surface area contributed by atoms with Gasteiger partial charge in [-0.1, -0.05) is 11.6 Å². The molecule has 1 aromatic carbocycles. The molecule has 0 spiro atoms. The number of nitro groups is 1. The third-order valence-electron chi connectivity index (χ3n) is 2.95. The number of hydrogen-bond acceptors (Lipinski definition) is 6. The van der Waals surface area contributed by atoms with E-state index in [0.29, 0.717) is 22.2 Å². The maximum absolute atomic E-state index is 12.0. The van der Waals surface area contributed by atoms with Gasteiger partial charge in [-0.2, -0.15) is 0 Å². The third-order valence-corrected chi connectivity index (χ3v) is 3.18. The molecule has 1 N–H and O–H groups in total. The number of aryl methyl sites for hydroxylation is 1. The van der Waals surface area contributed by atoms with Gasteiger partial charge in [0.15, 0.2) is 6.61 Å². The molecular formula is C15H14ClN3O5. The topological polar surface area (TPSA) is 104 Å². The molecule has 24 heavy (non-hydrogen) atoms. The Hall–Kier alpha value is -2.87. The Morgan fingerprint density at radius 2 is 2.04 bits per heavy atom. The lowest BCUT2D eigenvalue weighted by Gasteiger charge is -2.11. The summed E-state index contributed by atoms with van der Waals surface area (Å²) < 4.78 is 10.3. The van der Waals surface area contributed by atoms with Crippen LogP contribution in [0.1, 0.15) is 5.69 Å². The molecule has 0 atom stereocenters. The minimum atomic E-state index is -0.666. The van der Waals surface area contributed by atoms with Crippen LogP contribution >= 0.6 is 11.6 Å². The number of rotatable bonds is 6. The second kappa shape index (κ2) is 7.60. The van der Waals surface area contributed by atoms with Crippen molar-refractivity contribution in [1.82, 2.24) is 4.98 Å². The number of carbonyl (C=O) groups excluding carboxylic acids is 1. The number of methoxy groups -OCH3 is 1. The Balaban J connectivity index is 2.07. The molecule has 1 heterocycles. The van der Waals surface area contributed by atoms with E-state index in [1.54, 1.807) is 25.1 Å². The van der Waals surface area contributed by atoms with Gasteiger partial charge < -0.3 is 24.9 Å². The third kappa shape index (κ3) is 4.32. The van der Waals surface area contributed by atoms with Crippen LogP contribution in [-0.4, -0.2) is 29.5 Å². The van der Waals surface area contributed by atoms with Crippen molar-refractivity contribution in [2.45, 2.75) is 6.92 Å². The summed E-state index contributed by atoms with van der Waals surface area (Å²) in [6.07, 6.45) is 0. The average molecular weight is 352 g/mol. The SMILES string of the molecule is COc1ccc(Cl)cc1NC(=O)COc1ccc(C)nc1[N+](=O)[O-]. The molecule has 0 aliphatic carbocycles. The van der Waals surface area contributed by atoms with Gasteiger partial charge in [0.1, 0.15) is 11.4 Å². The monoisotopic (exact) mass is 351 g/mol. The lowest BCUT2D eigenvalue weighted by molar-refractivity contribution is -0.390. The Morgan fingerprint density at radius 3 is 2.71 bits per heavy atom. The molecule has 0 saturated carbocycles. The van der Waals surface area contributed by atoms with Crippen molar-refractivity contribution in [3.8, 4) is 11.5 Å². The minimum absolute atomic E-state index is 0.0844. The number of carbonyl (C=O) groups is 1. The molecule has 2 rings (SSSR count). The predicted molar refractivity (Wildman–Crippen MR) is 87.8 cm³/mol. The van der Waals surface area contributed by atoms with Crippen LogP contribution in [0.15, 0.2) is 30.3 Å². The average Bonchev–Trinajstić information content (AvgIpc) is 2.53. The first-order valence-corrected chi connectivity index (χ1v) is 7.16. The van der Waals surface area contributed by atoms with Gasteiger partial charge in [0.05, 0.1) is 12.8 Å². The van der Waals surface area contributed by atoms with E-state index in [9.17, 15) is 14.9 Å². The molecule has 1 aromatic heterocycles. The van der Waals surface area contributed by atoms with Gasteiger partial charge in [0, 0.05) is 11.9 Å². The standard InChI is InChI=1S/C15H14ClN3O5/c1-9-3-5-13(15(17-9)19(21)22)24-8-14(20)18-11-7-10(16)4-6-12(11)23-2/h3-7H,8H2,1-2H3,(H,18,20). The Kier molecular flexibility index (Phi) is 5.54. The number of nitrogens with one attached hydrogen (secondary N) is 1. The zero-order chi connectivity index (χ0) is 17.7. The summed E-state index contributed by atoms with van der Waals surface area (Å²) in [5, 5.41) is 14.0. The first-order valence-electron chi connectivity index (χ1n) is 6.79. The van der Waals surface area contributed by atoms with Gasteiger partial charge >= 0.3 is 5.82 Å². The van der Waals surface area contributed by atoms with Crippen LogP contribution in [-0.2, 0) is 4.79 Å². The van der Waals surface area contributed by atoms with Gasteiger partial charge in [-0.25, -0.2) is 0 Å². The Morgan fingerprint density at radius 1 is 1.33 bits per heavy atom.